The van der Waals surface area contributed by atoms with Gasteiger partial charge in [-0.15, -0.1) is 0 Å². The summed E-state index contributed by atoms with van der Waals surface area (Å²) in [5.74, 6) is -0.232. The zero-order chi connectivity index (χ0) is 13.3. The van der Waals surface area contributed by atoms with Crippen LogP contribution in [0.25, 0.3) is 0 Å². The van der Waals surface area contributed by atoms with E-state index in [0.717, 1.165) is 12.8 Å². The third-order valence-corrected chi connectivity index (χ3v) is 3.05. The van der Waals surface area contributed by atoms with Crippen LogP contribution >= 0.6 is 0 Å². The highest BCUT2D eigenvalue weighted by atomic mass is 16.3. The van der Waals surface area contributed by atoms with Crippen molar-refractivity contribution in [2.45, 2.75) is 58.9 Å². The van der Waals surface area contributed by atoms with Crippen molar-refractivity contribution in [2.75, 3.05) is 6.61 Å². The van der Waals surface area contributed by atoms with E-state index in [9.17, 15) is 10.1 Å². The van der Waals surface area contributed by atoms with Crippen LogP contribution in [0, 0.1) is 16.7 Å². The number of amides is 1. The molecule has 4 heteroatoms. The van der Waals surface area contributed by atoms with Crippen LogP contribution in [-0.2, 0) is 4.79 Å². The number of nitrogens with one attached hydrogen (secondary N) is 1. The number of nitrogens with zero attached hydrogens (tertiary/aromatic N) is 1. The Morgan fingerprint density at radius 3 is 2.18 bits per heavy atom. The Labute approximate surface area is 104 Å². The number of nitriles is 1. The van der Waals surface area contributed by atoms with E-state index in [4.69, 9.17) is 5.11 Å². The summed E-state index contributed by atoms with van der Waals surface area (Å²) in [4.78, 5) is 12.2. The maximum Gasteiger partial charge on any atom is 0.240 e. The molecule has 0 unspecified atom stereocenters. The van der Waals surface area contributed by atoms with Gasteiger partial charge in [-0.2, -0.15) is 5.26 Å². The average molecular weight is 240 g/mol. The topological polar surface area (TPSA) is 73.1 Å². The third-order valence-electron chi connectivity index (χ3n) is 3.05. The van der Waals surface area contributed by atoms with E-state index in [-0.39, 0.29) is 18.6 Å². The van der Waals surface area contributed by atoms with E-state index < -0.39 is 5.41 Å². The Bertz CT molecular complexity index is 261. The first-order valence-electron chi connectivity index (χ1n) is 6.43. The fourth-order valence-corrected chi connectivity index (χ4v) is 1.97. The molecule has 0 aromatic heterocycles. The van der Waals surface area contributed by atoms with E-state index in [1.807, 2.05) is 20.8 Å². The molecular weight excluding hydrogens is 216 g/mol. The molecule has 4 nitrogen and oxygen atoms in total. The van der Waals surface area contributed by atoms with Crippen molar-refractivity contribution in [3.8, 4) is 6.07 Å². The van der Waals surface area contributed by atoms with Gasteiger partial charge in [0.25, 0.3) is 0 Å². The largest absolute Gasteiger partial charge is 0.394 e. The van der Waals surface area contributed by atoms with Crippen molar-refractivity contribution in [1.29, 1.82) is 5.26 Å². The maximum atomic E-state index is 12.2. The van der Waals surface area contributed by atoms with Gasteiger partial charge < -0.3 is 10.4 Å². The van der Waals surface area contributed by atoms with E-state index >= 15 is 0 Å². The van der Waals surface area contributed by atoms with Crippen LogP contribution in [0.4, 0.5) is 0 Å². The molecule has 0 aliphatic rings. The lowest BCUT2D eigenvalue weighted by molar-refractivity contribution is -0.130. The standard InChI is InChI=1S/C13H24N2O2/c1-4-7-13(10-14,8-5-2)12(17)15-11(6-3)9-16/h11,16H,4-9H2,1-3H3,(H,15,17)/t11-/m0/s1. The maximum absolute atomic E-state index is 12.2. The van der Waals surface area contributed by atoms with E-state index in [1.54, 1.807) is 0 Å². The molecule has 0 bridgehead atoms. The molecule has 0 fully saturated rings. The number of aliphatic hydroxyl groups excluding tert-OH is 1. The van der Waals surface area contributed by atoms with Crippen molar-refractivity contribution in [3.63, 3.8) is 0 Å². The lowest BCUT2D eigenvalue weighted by Crippen LogP contribution is -2.46. The van der Waals surface area contributed by atoms with E-state index in [2.05, 4.69) is 11.4 Å². The summed E-state index contributed by atoms with van der Waals surface area (Å²) in [7, 11) is 0. The molecule has 0 aliphatic carbocycles. The minimum absolute atomic E-state index is 0.0814. The molecule has 0 saturated heterocycles. The summed E-state index contributed by atoms with van der Waals surface area (Å²) in [6.07, 6.45) is 3.42. The minimum Gasteiger partial charge on any atom is -0.394 e. The van der Waals surface area contributed by atoms with Gasteiger partial charge in [-0.3, -0.25) is 4.79 Å². The number of rotatable bonds is 8. The lowest BCUT2D eigenvalue weighted by Gasteiger charge is -2.27. The first-order chi connectivity index (χ1) is 8.10. The normalized spacial score (nSPS) is 12.9. The second-order valence-electron chi connectivity index (χ2n) is 4.46. The van der Waals surface area contributed by atoms with Gasteiger partial charge in [0.15, 0.2) is 0 Å². The Hall–Kier alpha value is -1.08. The van der Waals surface area contributed by atoms with Crippen molar-refractivity contribution >= 4 is 5.91 Å². The molecule has 0 saturated carbocycles. The first kappa shape index (κ1) is 15.9. The molecule has 2 N–H and O–H groups in total. The van der Waals surface area contributed by atoms with Gasteiger partial charge in [0.1, 0.15) is 5.41 Å². The summed E-state index contributed by atoms with van der Waals surface area (Å²) in [6.45, 7) is 5.76. The summed E-state index contributed by atoms with van der Waals surface area (Å²) < 4.78 is 0. The van der Waals surface area contributed by atoms with Crippen LogP contribution in [0.15, 0.2) is 0 Å². The Balaban J connectivity index is 4.80. The molecule has 1 atom stereocenters. The summed E-state index contributed by atoms with van der Waals surface area (Å²) in [5, 5.41) is 21.1. The molecule has 0 rings (SSSR count). The molecule has 0 heterocycles. The second kappa shape index (κ2) is 8.08. The third kappa shape index (κ3) is 4.35. The number of hydrogen-bond acceptors (Lipinski definition) is 3. The Morgan fingerprint density at radius 2 is 1.88 bits per heavy atom. The van der Waals surface area contributed by atoms with Crippen molar-refractivity contribution in [1.82, 2.24) is 5.32 Å². The van der Waals surface area contributed by atoms with Crippen LogP contribution in [0.2, 0.25) is 0 Å². The number of aliphatic hydroxyl groups is 1. The van der Waals surface area contributed by atoms with Gasteiger partial charge in [-0.25, -0.2) is 0 Å². The first-order valence-corrected chi connectivity index (χ1v) is 6.43. The van der Waals surface area contributed by atoms with Crippen LogP contribution in [0.3, 0.4) is 0 Å². The molecule has 0 spiro atoms. The Kier molecular flexibility index (Phi) is 7.56. The highest BCUT2D eigenvalue weighted by Gasteiger charge is 2.37. The molecule has 0 radical (unpaired) electrons. The monoisotopic (exact) mass is 240 g/mol. The molecular formula is C13H24N2O2. The molecule has 0 aromatic carbocycles. The molecule has 17 heavy (non-hydrogen) atoms. The van der Waals surface area contributed by atoms with Crippen LogP contribution < -0.4 is 5.32 Å². The highest BCUT2D eigenvalue weighted by molar-refractivity contribution is 5.85. The molecule has 0 aromatic rings. The van der Waals surface area contributed by atoms with E-state index in [0.29, 0.717) is 19.3 Å². The van der Waals surface area contributed by atoms with Crippen LogP contribution in [-0.4, -0.2) is 23.7 Å². The number of carbonyl (C=O) groups excluding carboxylic acids is 1. The van der Waals surface area contributed by atoms with Crippen molar-refractivity contribution in [3.05, 3.63) is 0 Å². The predicted octanol–water partition coefficient (Wildman–Crippen LogP) is 1.98. The Morgan fingerprint density at radius 1 is 1.35 bits per heavy atom. The minimum atomic E-state index is -0.925. The highest BCUT2D eigenvalue weighted by Crippen LogP contribution is 2.29. The summed E-state index contributed by atoms with van der Waals surface area (Å²) >= 11 is 0. The van der Waals surface area contributed by atoms with Gasteiger partial charge in [0.05, 0.1) is 18.7 Å². The van der Waals surface area contributed by atoms with Crippen molar-refractivity contribution < 1.29 is 9.90 Å². The van der Waals surface area contributed by atoms with Gasteiger partial charge in [0, 0.05) is 0 Å². The SMILES string of the molecule is CCCC(C#N)(CCC)C(=O)N[C@@H](CC)CO. The van der Waals surface area contributed by atoms with Crippen LogP contribution in [0.5, 0.6) is 0 Å². The number of carbonyl (C=O) groups is 1. The zero-order valence-electron chi connectivity index (χ0n) is 11.1. The van der Waals surface area contributed by atoms with Gasteiger partial charge in [-0.05, 0) is 19.3 Å². The second-order valence-corrected chi connectivity index (χ2v) is 4.46. The number of hydrogen-bond donors (Lipinski definition) is 2. The van der Waals surface area contributed by atoms with Gasteiger partial charge in [0.2, 0.25) is 5.91 Å². The zero-order valence-corrected chi connectivity index (χ0v) is 11.1. The quantitative estimate of drug-likeness (QED) is 0.681. The van der Waals surface area contributed by atoms with Crippen molar-refractivity contribution in [2.24, 2.45) is 5.41 Å². The average Bonchev–Trinajstić information content (AvgIpc) is 2.35. The van der Waals surface area contributed by atoms with E-state index in [1.165, 1.54) is 0 Å². The summed E-state index contributed by atoms with van der Waals surface area (Å²) in [6, 6.07) is 1.93. The fourth-order valence-electron chi connectivity index (χ4n) is 1.97. The molecule has 98 valence electrons. The molecule has 0 aliphatic heterocycles. The smallest absolute Gasteiger partial charge is 0.240 e. The van der Waals surface area contributed by atoms with Gasteiger partial charge >= 0.3 is 0 Å². The van der Waals surface area contributed by atoms with Gasteiger partial charge in [-0.1, -0.05) is 33.6 Å². The molecule has 1 amide bonds. The lowest BCUT2D eigenvalue weighted by atomic mass is 9.79. The summed E-state index contributed by atoms with van der Waals surface area (Å²) in [5.41, 5.74) is -0.925. The predicted molar refractivity (Wildman–Crippen MR) is 67.2 cm³/mol. The van der Waals surface area contributed by atoms with Crippen LogP contribution in [0.1, 0.15) is 52.9 Å². The fraction of sp³-hybridized carbons (Fsp3) is 0.846.